The van der Waals surface area contributed by atoms with Crippen molar-refractivity contribution in [1.29, 1.82) is 0 Å². The van der Waals surface area contributed by atoms with Gasteiger partial charge in [-0.05, 0) is 19.1 Å². The molecule has 0 bridgehead atoms. The lowest BCUT2D eigenvalue weighted by molar-refractivity contribution is -0.118. The van der Waals surface area contributed by atoms with E-state index in [1.54, 1.807) is 29.1 Å². The summed E-state index contributed by atoms with van der Waals surface area (Å²) in [6.07, 6.45) is 6.26. The van der Waals surface area contributed by atoms with Crippen LogP contribution in [0.25, 0.3) is 0 Å². The van der Waals surface area contributed by atoms with E-state index in [0.29, 0.717) is 12.2 Å². The lowest BCUT2D eigenvalue weighted by Gasteiger charge is -2.05. The van der Waals surface area contributed by atoms with E-state index in [1.165, 1.54) is 6.21 Å². The fourth-order valence-electron chi connectivity index (χ4n) is 2.13. The maximum atomic E-state index is 12.1. The van der Waals surface area contributed by atoms with Gasteiger partial charge in [0.05, 0.1) is 6.54 Å². The number of nitrogens with one attached hydrogen (secondary N) is 1. The predicted molar refractivity (Wildman–Crippen MR) is 78.7 cm³/mol. The number of allylic oxidation sites excluding steroid dienone is 1. The summed E-state index contributed by atoms with van der Waals surface area (Å²) in [5, 5.41) is 10.5. The van der Waals surface area contributed by atoms with Gasteiger partial charge in [0.1, 0.15) is 11.6 Å². The van der Waals surface area contributed by atoms with Gasteiger partial charge in [0, 0.05) is 19.0 Å². The SMILES string of the molecule is CCn1nccc1C(=O)NCc1nc(C2C=CC=NC2=O)no1. The van der Waals surface area contributed by atoms with Crippen molar-refractivity contribution in [2.24, 2.45) is 4.99 Å². The first-order valence-corrected chi connectivity index (χ1v) is 7.06. The smallest absolute Gasteiger partial charge is 0.269 e. The standard InChI is InChI=1S/C14H14N6O3/c1-2-20-10(5-7-17-20)14(22)16-8-11-18-12(19-23-11)9-4-3-6-15-13(9)21/h3-7,9H,2,8H2,1H3,(H,16,22). The summed E-state index contributed by atoms with van der Waals surface area (Å²) in [5.41, 5.74) is 0.451. The molecule has 9 nitrogen and oxygen atoms in total. The van der Waals surface area contributed by atoms with Crippen molar-refractivity contribution in [1.82, 2.24) is 25.2 Å². The molecule has 1 aliphatic rings. The highest BCUT2D eigenvalue weighted by atomic mass is 16.5. The number of amides is 2. The Balaban J connectivity index is 1.63. The largest absolute Gasteiger partial charge is 0.342 e. The Morgan fingerprint density at radius 2 is 2.35 bits per heavy atom. The fraction of sp³-hybridized carbons (Fsp3) is 0.286. The summed E-state index contributed by atoms with van der Waals surface area (Å²) in [7, 11) is 0. The number of carbonyl (C=O) groups excluding carboxylic acids is 2. The minimum absolute atomic E-state index is 0.0641. The van der Waals surface area contributed by atoms with E-state index in [0.717, 1.165) is 0 Å². The molecule has 3 rings (SSSR count). The van der Waals surface area contributed by atoms with Crippen LogP contribution in [0.3, 0.4) is 0 Å². The van der Waals surface area contributed by atoms with Crippen LogP contribution in [0.2, 0.25) is 0 Å². The van der Waals surface area contributed by atoms with E-state index in [2.05, 4.69) is 25.5 Å². The number of aromatic nitrogens is 4. The van der Waals surface area contributed by atoms with Crippen LogP contribution in [0.15, 0.2) is 33.9 Å². The zero-order valence-corrected chi connectivity index (χ0v) is 12.3. The molecule has 0 spiro atoms. The monoisotopic (exact) mass is 314 g/mol. The van der Waals surface area contributed by atoms with Crippen LogP contribution < -0.4 is 5.32 Å². The minimum Gasteiger partial charge on any atom is -0.342 e. The van der Waals surface area contributed by atoms with E-state index in [9.17, 15) is 9.59 Å². The van der Waals surface area contributed by atoms with E-state index < -0.39 is 5.92 Å². The summed E-state index contributed by atoms with van der Waals surface area (Å²) in [5.74, 6) is -0.842. The third-order valence-corrected chi connectivity index (χ3v) is 3.27. The second-order valence-electron chi connectivity index (χ2n) is 4.74. The predicted octanol–water partition coefficient (Wildman–Crippen LogP) is 0.467. The number of aryl methyl sites for hydroxylation is 1. The summed E-state index contributed by atoms with van der Waals surface area (Å²) >= 11 is 0. The van der Waals surface area contributed by atoms with E-state index in [-0.39, 0.29) is 30.1 Å². The van der Waals surface area contributed by atoms with Gasteiger partial charge in [-0.15, -0.1) is 0 Å². The van der Waals surface area contributed by atoms with Gasteiger partial charge in [0.15, 0.2) is 5.82 Å². The summed E-state index contributed by atoms with van der Waals surface area (Å²) in [6.45, 7) is 2.55. The van der Waals surface area contributed by atoms with Gasteiger partial charge < -0.3 is 9.84 Å². The van der Waals surface area contributed by atoms with Gasteiger partial charge >= 0.3 is 0 Å². The molecule has 118 valence electrons. The van der Waals surface area contributed by atoms with Crippen molar-refractivity contribution in [3.8, 4) is 0 Å². The van der Waals surface area contributed by atoms with Crippen LogP contribution in [-0.2, 0) is 17.9 Å². The molecule has 1 unspecified atom stereocenters. The second-order valence-corrected chi connectivity index (χ2v) is 4.74. The zero-order chi connectivity index (χ0) is 16.2. The Morgan fingerprint density at radius 1 is 1.48 bits per heavy atom. The molecular formula is C14H14N6O3. The van der Waals surface area contributed by atoms with Crippen LogP contribution in [0.1, 0.15) is 35.0 Å². The summed E-state index contributed by atoms with van der Waals surface area (Å²) in [6, 6.07) is 1.63. The van der Waals surface area contributed by atoms with E-state index >= 15 is 0 Å². The molecule has 1 atom stereocenters. The molecule has 9 heteroatoms. The van der Waals surface area contributed by atoms with Gasteiger partial charge in [0.2, 0.25) is 5.89 Å². The molecule has 0 aliphatic carbocycles. The fourth-order valence-corrected chi connectivity index (χ4v) is 2.13. The average Bonchev–Trinajstić information content (AvgIpc) is 3.22. The summed E-state index contributed by atoms with van der Waals surface area (Å²) < 4.78 is 6.64. The molecule has 2 aromatic rings. The van der Waals surface area contributed by atoms with Gasteiger partial charge in [-0.3, -0.25) is 14.3 Å². The Morgan fingerprint density at radius 3 is 3.13 bits per heavy atom. The molecule has 0 fully saturated rings. The molecular weight excluding hydrogens is 300 g/mol. The molecule has 2 aromatic heterocycles. The Labute approximate surface area is 131 Å². The number of hydrogen-bond donors (Lipinski definition) is 1. The van der Waals surface area contributed by atoms with Crippen LogP contribution in [0.5, 0.6) is 0 Å². The highest BCUT2D eigenvalue weighted by Gasteiger charge is 2.24. The second kappa shape index (κ2) is 6.34. The van der Waals surface area contributed by atoms with Crippen molar-refractivity contribution < 1.29 is 14.1 Å². The van der Waals surface area contributed by atoms with Gasteiger partial charge in [-0.25, -0.2) is 4.99 Å². The quantitative estimate of drug-likeness (QED) is 0.857. The topological polar surface area (TPSA) is 115 Å². The Bertz CT molecular complexity index is 788. The number of hydrogen-bond acceptors (Lipinski definition) is 6. The van der Waals surface area contributed by atoms with Crippen LogP contribution >= 0.6 is 0 Å². The third-order valence-electron chi connectivity index (χ3n) is 3.27. The number of carbonyl (C=O) groups is 2. The first-order valence-electron chi connectivity index (χ1n) is 7.06. The highest BCUT2D eigenvalue weighted by Crippen LogP contribution is 2.17. The van der Waals surface area contributed by atoms with Crippen molar-refractivity contribution >= 4 is 18.0 Å². The van der Waals surface area contributed by atoms with Crippen LogP contribution in [0.4, 0.5) is 0 Å². The zero-order valence-electron chi connectivity index (χ0n) is 12.3. The van der Waals surface area contributed by atoms with E-state index in [1.807, 2.05) is 6.92 Å². The number of rotatable bonds is 5. The van der Waals surface area contributed by atoms with Crippen LogP contribution in [0, 0.1) is 0 Å². The Hall–Kier alpha value is -3.10. The van der Waals surface area contributed by atoms with Crippen molar-refractivity contribution in [3.05, 3.63) is 41.8 Å². The van der Waals surface area contributed by atoms with Crippen LogP contribution in [-0.4, -0.2) is 38.0 Å². The average molecular weight is 314 g/mol. The van der Waals surface area contributed by atoms with Gasteiger partial charge in [-0.2, -0.15) is 10.1 Å². The third kappa shape index (κ3) is 3.07. The Kier molecular flexibility index (Phi) is 4.09. The summed E-state index contributed by atoms with van der Waals surface area (Å²) in [4.78, 5) is 31.5. The molecule has 0 aromatic carbocycles. The normalized spacial score (nSPS) is 16.7. The van der Waals surface area contributed by atoms with E-state index in [4.69, 9.17) is 4.52 Å². The molecule has 1 aliphatic heterocycles. The lowest BCUT2D eigenvalue weighted by Crippen LogP contribution is -2.25. The molecule has 0 radical (unpaired) electrons. The van der Waals surface area contributed by atoms with Gasteiger partial charge in [-0.1, -0.05) is 11.2 Å². The first kappa shape index (κ1) is 14.8. The molecule has 2 amide bonds. The lowest BCUT2D eigenvalue weighted by atomic mass is 10.1. The molecule has 1 N–H and O–H groups in total. The van der Waals surface area contributed by atoms with Crippen molar-refractivity contribution in [2.75, 3.05) is 0 Å². The highest BCUT2D eigenvalue weighted by molar-refractivity contribution is 5.96. The molecule has 3 heterocycles. The number of nitrogens with zero attached hydrogens (tertiary/aromatic N) is 5. The van der Waals surface area contributed by atoms with Crippen molar-refractivity contribution in [3.63, 3.8) is 0 Å². The maximum absolute atomic E-state index is 12.1. The number of dihydropyridines is 1. The first-order chi connectivity index (χ1) is 11.2. The van der Waals surface area contributed by atoms with Crippen molar-refractivity contribution in [2.45, 2.75) is 25.9 Å². The molecule has 23 heavy (non-hydrogen) atoms. The maximum Gasteiger partial charge on any atom is 0.269 e. The van der Waals surface area contributed by atoms with Gasteiger partial charge in [0.25, 0.3) is 11.8 Å². The molecule has 0 saturated heterocycles. The molecule has 0 saturated carbocycles. The number of aliphatic imine (C=N–C) groups is 1. The minimum atomic E-state index is -0.644.